The maximum atomic E-state index is 9.68. The molecule has 0 saturated heterocycles. The summed E-state index contributed by atoms with van der Waals surface area (Å²) in [4.78, 5) is 0. The molecular weight excluding hydrogens is 258 g/mol. The van der Waals surface area contributed by atoms with Gasteiger partial charge in [0.1, 0.15) is 0 Å². The monoisotopic (exact) mass is 279 g/mol. The van der Waals surface area contributed by atoms with E-state index in [4.69, 9.17) is 11.6 Å². The van der Waals surface area contributed by atoms with Crippen LogP contribution in [0.25, 0.3) is 0 Å². The van der Waals surface area contributed by atoms with Crippen LogP contribution in [0.2, 0.25) is 5.02 Å². The van der Waals surface area contributed by atoms with Crippen LogP contribution >= 0.6 is 11.6 Å². The van der Waals surface area contributed by atoms with E-state index in [9.17, 15) is 5.26 Å². The van der Waals surface area contributed by atoms with Crippen molar-refractivity contribution in [2.24, 2.45) is 18.4 Å². The molecule has 1 aromatic heterocycles. The lowest BCUT2D eigenvalue weighted by Crippen LogP contribution is -2.30. The Kier molecular flexibility index (Phi) is 4.20. The molecule has 1 aliphatic carbocycles. The molecule has 19 heavy (non-hydrogen) atoms. The average Bonchev–Trinajstić information content (AvgIpc) is 2.65. The van der Waals surface area contributed by atoms with Crippen molar-refractivity contribution in [3.05, 3.63) is 16.4 Å². The highest BCUT2D eigenvalue weighted by Gasteiger charge is 2.37. The number of aryl methyl sites for hydroxylation is 2. The third kappa shape index (κ3) is 2.79. The second kappa shape index (κ2) is 5.54. The van der Waals surface area contributed by atoms with Gasteiger partial charge in [0, 0.05) is 13.5 Å². The molecule has 1 heterocycles. The van der Waals surface area contributed by atoms with E-state index in [2.05, 4.69) is 18.1 Å². The van der Waals surface area contributed by atoms with E-state index in [0.717, 1.165) is 42.1 Å². The second-order valence-corrected chi connectivity index (χ2v) is 6.29. The van der Waals surface area contributed by atoms with Gasteiger partial charge in [-0.15, -0.1) is 0 Å². The average molecular weight is 280 g/mol. The summed E-state index contributed by atoms with van der Waals surface area (Å²) in [6.07, 6.45) is 6.30. The van der Waals surface area contributed by atoms with Gasteiger partial charge in [-0.3, -0.25) is 4.68 Å². The molecule has 2 atom stereocenters. The lowest BCUT2D eigenvalue weighted by atomic mass is 9.67. The lowest BCUT2D eigenvalue weighted by molar-refractivity contribution is 0.191. The number of hydrogen-bond donors (Lipinski definition) is 0. The summed E-state index contributed by atoms with van der Waals surface area (Å²) in [6.45, 7) is 4.14. The Labute approximate surface area is 120 Å². The summed E-state index contributed by atoms with van der Waals surface area (Å²) >= 11 is 6.33. The molecule has 0 aromatic carbocycles. The van der Waals surface area contributed by atoms with Crippen LogP contribution in [-0.4, -0.2) is 9.78 Å². The number of aromatic nitrogens is 2. The predicted octanol–water partition coefficient (Wildman–Crippen LogP) is 4.03. The van der Waals surface area contributed by atoms with Crippen LogP contribution in [0, 0.1) is 29.6 Å². The van der Waals surface area contributed by atoms with Gasteiger partial charge in [0.25, 0.3) is 0 Å². The first-order chi connectivity index (χ1) is 9.01. The largest absolute Gasteiger partial charge is 0.271 e. The molecular formula is C15H22ClN3. The second-order valence-electron chi connectivity index (χ2n) is 5.91. The maximum Gasteiger partial charge on any atom is 0.0847 e. The van der Waals surface area contributed by atoms with E-state index >= 15 is 0 Å². The van der Waals surface area contributed by atoms with Crippen molar-refractivity contribution in [1.82, 2.24) is 9.78 Å². The van der Waals surface area contributed by atoms with E-state index in [0.29, 0.717) is 5.92 Å². The van der Waals surface area contributed by atoms with Gasteiger partial charge in [0.05, 0.1) is 27.9 Å². The zero-order valence-electron chi connectivity index (χ0n) is 12.0. The van der Waals surface area contributed by atoms with Crippen molar-refractivity contribution in [3.63, 3.8) is 0 Å². The number of hydrogen-bond acceptors (Lipinski definition) is 2. The predicted molar refractivity (Wildman–Crippen MR) is 77.0 cm³/mol. The van der Waals surface area contributed by atoms with Gasteiger partial charge in [0.2, 0.25) is 0 Å². The van der Waals surface area contributed by atoms with Gasteiger partial charge in [-0.1, -0.05) is 37.8 Å². The summed E-state index contributed by atoms with van der Waals surface area (Å²) in [7, 11) is 1.92. The molecule has 2 unspecified atom stereocenters. The topological polar surface area (TPSA) is 41.6 Å². The number of nitrogens with zero attached hydrogens (tertiary/aromatic N) is 3. The fraction of sp³-hybridized carbons (Fsp3) is 0.733. The molecule has 104 valence electrons. The summed E-state index contributed by atoms with van der Waals surface area (Å²) in [5, 5.41) is 14.8. The molecule has 0 N–H and O–H groups in total. The molecule has 0 spiro atoms. The molecule has 0 bridgehead atoms. The Balaban J connectivity index is 2.26. The van der Waals surface area contributed by atoms with E-state index < -0.39 is 0 Å². The van der Waals surface area contributed by atoms with Gasteiger partial charge < -0.3 is 0 Å². The van der Waals surface area contributed by atoms with Gasteiger partial charge in [-0.05, 0) is 25.7 Å². The molecule has 1 aliphatic rings. The van der Waals surface area contributed by atoms with Crippen molar-refractivity contribution in [3.8, 4) is 6.07 Å². The van der Waals surface area contributed by atoms with Gasteiger partial charge in [-0.2, -0.15) is 10.4 Å². The molecule has 1 aromatic rings. The van der Waals surface area contributed by atoms with Crippen LogP contribution in [0.3, 0.4) is 0 Å². The van der Waals surface area contributed by atoms with Crippen molar-refractivity contribution in [2.75, 3.05) is 0 Å². The standard InChI is InChI=1S/C15H22ClN3/c1-4-12-6-5-7-15(8-12,10-17)9-13-14(16)11(2)18-19(13)3/h12H,4-9H2,1-3H3. The normalized spacial score (nSPS) is 27.2. The third-order valence-electron chi connectivity index (χ3n) is 4.53. The fourth-order valence-electron chi connectivity index (χ4n) is 3.33. The van der Waals surface area contributed by atoms with Gasteiger partial charge in [0.15, 0.2) is 0 Å². The summed E-state index contributed by atoms with van der Waals surface area (Å²) in [6, 6.07) is 2.59. The van der Waals surface area contributed by atoms with Crippen LogP contribution in [0.4, 0.5) is 0 Å². The van der Waals surface area contributed by atoms with Crippen molar-refractivity contribution < 1.29 is 0 Å². The first-order valence-electron chi connectivity index (χ1n) is 7.10. The van der Waals surface area contributed by atoms with Crippen LogP contribution in [-0.2, 0) is 13.5 Å². The highest BCUT2D eigenvalue weighted by molar-refractivity contribution is 6.31. The van der Waals surface area contributed by atoms with E-state index in [-0.39, 0.29) is 5.41 Å². The zero-order chi connectivity index (χ0) is 14.0. The Morgan fingerprint density at radius 3 is 2.84 bits per heavy atom. The van der Waals surface area contributed by atoms with E-state index in [1.807, 2.05) is 18.7 Å². The molecule has 1 fully saturated rings. The Hall–Kier alpha value is -1.01. The Bertz CT molecular complexity index is 500. The highest BCUT2D eigenvalue weighted by Crippen LogP contribution is 2.43. The minimum Gasteiger partial charge on any atom is -0.271 e. The van der Waals surface area contributed by atoms with Gasteiger partial charge >= 0.3 is 0 Å². The molecule has 0 radical (unpaired) electrons. The van der Waals surface area contributed by atoms with Crippen molar-refractivity contribution in [2.45, 2.75) is 52.4 Å². The van der Waals surface area contributed by atoms with E-state index in [1.54, 1.807) is 0 Å². The highest BCUT2D eigenvalue weighted by atomic mass is 35.5. The molecule has 1 saturated carbocycles. The van der Waals surface area contributed by atoms with Gasteiger partial charge in [-0.25, -0.2) is 0 Å². The number of halogens is 1. The smallest absolute Gasteiger partial charge is 0.0847 e. The first kappa shape index (κ1) is 14.4. The molecule has 4 heteroatoms. The molecule has 0 aliphatic heterocycles. The first-order valence-corrected chi connectivity index (χ1v) is 7.48. The molecule has 3 nitrogen and oxygen atoms in total. The van der Waals surface area contributed by atoms with Crippen LogP contribution in [0.15, 0.2) is 0 Å². The Morgan fingerprint density at radius 1 is 1.58 bits per heavy atom. The summed E-state index contributed by atoms with van der Waals surface area (Å²) in [5.41, 5.74) is 1.62. The summed E-state index contributed by atoms with van der Waals surface area (Å²) < 4.78 is 1.84. The zero-order valence-corrected chi connectivity index (χ0v) is 12.8. The number of rotatable bonds is 3. The van der Waals surface area contributed by atoms with Crippen LogP contribution < -0.4 is 0 Å². The number of nitriles is 1. The fourth-order valence-corrected chi connectivity index (χ4v) is 3.56. The van der Waals surface area contributed by atoms with Crippen molar-refractivity contribution >= 4 is 11.6 Å². The minimum absolute atomic E-state index is 0.247. The molecule has 2 rings (SSSR count). The molecule has 0 amide bonds. The van der Waals surface area contributed by atoms with Crippen LogP contribution in [0.1, 0.15) is 50.4 Å². The summed E-state index contributed by atoms with van der Waals surface area (Å²) in [5.74, 6) is 0.682. The minimum atomic E-state index is -0.247. The Morgan fingerprint density at radius 2 is 2.32 bits per heavy atom. The quantitative estimate of drug-likeness (QED) is 0.838. The van der Waals surface area contributed by atoms with Crippen molar-refractivity contribution in [1.29, 1.82) is 5.26 Å². The van der Waals surface area contributed by atoms with E-state index in [1.165, 1.54) is 12.8 Å². The van der Waals surface area contributed by atoms with Crippen LogP contribution in [0.5, 0.6) is 0 Å². The lowest BCUT2D eigenvalue weighted by Gasteiger charge is -2.35. The SMILES string of the molecule is CCC1CCCC(C#N)(Cc2c(Cl)c(C)nn2C)C1. The maximum absolute atomic E-state index is 9.68. The third-order valence-corrected chi connectivity index (χ3v) is 5.02.